The van der Waals surface area contributed by atoms with Crippen LogP contribution in [0.5, 0.6) is 11.5 Å². The molecule has 0 aliphatic carbocycles. The normalized spacial score (nSPS) is 13.9. The number of benzene rings is 1. The maximum atomic E-state index is 5.85. The molecule has 4 aromatic rings. The van der Waals surface area contributed by atoms with Gasteiger partial charge in [0.15, 0.2) is 11.5 Å². The lowest BCUT2D eigenvalue weighted by Crippen LogP contribution is -2.25. The van der Waals surface area contributed by atoms with Crippen molar-refractivity contribution in [2.45, 2.75) is 26.4 Å². The highest BCUT2D eigenvalue weighted by molar-refractivity contribution is 5.96. The topological polar surface area (TPSA) is 124 Å². The molecular formula is C25H30N8O3. The molecule has 3 aromatic heterocycles. The molecule has 4 heterocycles. The van der Waals surface area contributed by atoms with Crippen LogP contribution in [0.1, 0.15) is 37.2 Å². The van der Waals surface area contributed by atoms with Gasteiger partial charge >= 0.3 is 0 Å². The van der Waals surface area contributed by atoms with Crippen LogP contribution in [-0.2, 0) is 11.3 Å². The Bertz CT molecular complexity index is 1380. The molecule has 0 radical (unpaired) electrons. The molecule has 3 N–H and O–H groups in total. The third-order valence-corrected chi connectivity index (χ3v) is 6.01. The summed E-state index contributed by atoms with van der Waals surface area (Å²) < 4.78 is 18.4. The fourth-order valence-electron chi connectivity index (χ4n) is 4.15. The van der Waals surface area contributed by atoms with E-state index in [1.54, 1.807) is 26.6 Å². The standard InChI is InChI=1S/C25H30N8O3/c1-5-33-14-19-23(32-33)22(29-15(2)24-26-7-6-8-27-24)16(13-28-19)25-30-17-11-20(35-4)21(12-18(17)31-25)36-10-9-34-3/h6-8,11-12,14-15,28-29H,5,9-10,13H2,1-4H3,(H,30,31)/t15-/m0/s1. The predicted molar refractivity (Wildman–Crippen MR) is 137 cm³/mol. The number of aromatic nitrogens is 6. The van der Waals surface area contributed by atoms with E-state index in [2.05, 4.69) is 32.5 Å². The summed E-state index contributed by atoms with van der Waals surface area (Å²) in [7, 11) is 3.26. The number of anilines is 1. The molecule has 0 unspecified atom stereocenters. The largest absolute Gasteiger partial charge is 0.493 e. The molecule has 1 aromatic carbocycles. The van der Waals surface area contributed by atoms with Gasteiger partial charge in [0.2, 0.25) is 0 Å². The summed E-state index contributed by atoms with van der Waals surface area (Å²) in [6.07, 6.45) is 5.51. The Morgan fingerprint density at radius 3 is 2.72 bits per heavy atom. The van der Waals surface area contributed by atoms with E-state index in [4.69, 9.17) is 24.3 Å². The molecule has 0 saturated heterocycles. The minimum Gasteiger partial charge on any atom is -0.493 e. The Labute approximate surface area is 208 Å². The number of methoxy groups -OCH3 is 2. The van der Waals surface area contributed by atoms with Crippen molar-refractivity contribution >= 4 is 28.0 Å². The molecule has 0 amide bonds. The van der Waals surface area contributed by atoms with Gasteiger partial charge in [-0.25, -0.2) is 15.0 Å². The molecule has 0 spiro atoms. The average molecular weight is 491 g/mol. The zero-order chi connectivity index (χ0) is 25.1. The summed E-state index contributed by atoms with van der Waals surface area (Å²) >= 11 is 0. The smallest absolute Gasteiger partial charge is 0.163 e. The van der Waals surface area contributed by atoms with Gasteiger partial charge in [-0.3, -0.25) is 4.68 Å². The highest BCUT2D eigenvalue weighted by atomic mass is 16.5. The van der Waals surface area contributed by atoms with Gasteiger partial charge in [-0.15, -0.1) is 0 Å². The van der Waals surface area contributed by atoms with Crippen LogP contribution in [0.25, 0.3) is 22.3 Å². The van der Waals surface area contributed by atoms with Crippen LogP contribution in [0.4, 0.5) is 5.69 Å². The summed E-state index contributed by atoms with van der Waals surface area (Å²) in [5.74, 6) is 2.68. The number of nitrogens with one attached hydrogen (secondary N) is 3. The zero-order valence-corrected chi connectivity index (χ0v) is 20.8. The highest BCUT2D eigenvalue weighted by Gasteiger charge is 2.27. The van der Waals surface area contributed by atoms with Gasteiger partial charge in [0, 0.05) is 56.5 Å². The Balaban J connectivity index is 1.57. The molecule has 11 heteroatoms. The summed E-state index contributed by atoms with van der Waals surface area (Å²) in [4.78, 5) is 17.2. The van der Waals surface area contributed by atoms with E-state index in [0.717, 1.165) is 46.1 Å². The van der Waals surface area contributed by atoms with Crippen molar-refractivity contribution in [1.29, 1.82) is 0 Å². The van der Waals surface area contributed by atoms with Gasteiger partial charge in [0.05, 0.1) is 42.2 Å². The first-order chi connectivity index (χ1) is 17.6. The van der Waals surface area contributed by atoms with Gasteiger partial charge in [0.1, 0.15) is 23.9 Å². The Kier molecular flexibility index (Phi) is 6.72. The summed E-state index contributed by atoms with van der Waals surface area (Å²) in [5, 5.41) is 11.9. The number of hydrogen-bond donors (Lipinski definition) is 3. The van der Waals surface area contributed by atoms with E-state index in [0.29, 0.717) is 37.1 Å². The van der Waals surface area contributed by atoms with Crippen molar-refractivity contribution in [3.63, 3.8) is 0 Å². The second kappa shape index (κ2) is 10.2. The third-order valence-electron chi connectivity index (χ3n) is 6.01. The summed E-state index contributed by atoms with van der Waals surface area (Å²) in [6.45, 7) is 6.34. The second-order valence-electron chi connectivity index (χ2n) is 8.37. The van der Waals surface area contributed by atoms with Crippen LogP contribution in [0.15, 0.2) is 36.8 Å². The van der Waals surface area contributed by atoms with E-state index in [-0.39, 0.29) is 6.04 Å². The van der Waals surface area contributed by atoms with Gasteiger partial charge < -0.3 is 29.8 Å². The van der Waals surface area contributed by atoms with E-state index in [9.17, 15) is 0 Å². The van der Waals surface area contributed by atoms with Crippen molar-refractivity contribution < 1.29 is 14.2 Å². The van der Waals surface area contributed by atoms with Crippen LogP contribution >= 0.6 is 0 Å². The van der Waals surface area contributed by atoms with Crippen LogP contribution in [-0.4, -0.2) is 63.7 Å². The number of aromatic amines is 1. The molecule has 5 rings (SSSR count). The van der Waals surface area contributed by atoms with E-state index >= 15 is 0 Å². The molecule has 1 aliphatic heterocycles. The van der Waals surface area contributed by atoms with Gasteiger partial charge in [0.25, 0.3) is 0 Å². The Morgan fingerprint density at radius 1 is 1.14 bits per heavy atom. The van der Waals surface area contributed by atoms with Gasteiger partial charge in [-0.1, -0.05) is 0 Å². The lowest BCUT2D eigenvalue weighted by molar-refractivity contribution is 0.144. The first-order valence-corrected chi connectivity index (χ1v) is 11.9. The van der Waals surface area contributed by atoms with Crippen molar-refractivity contribution in [1.82, 2.24) is 35.0 Å². The minimum atomic E-state index is -0.140. The lowest BCUT2D eigenvalue weighted by atomic mass is 10.0. The number of fused-ring (bicyclic) bond motifs is 2. The number of imidazole rings is 1. The molecule has 188 valence electrons. The lowest BCUT2D eigenvalue weighted by Gasteiger charge is -2.24. The van der Waals surface area contributed by atoms with Crippen LogP contribution in [0.3, 0.4) is 0 Å². The fraction of sp³-hybridized carbons (Fsp3) is 0.360. The van der Waals surface area contributed by atoms with Crippen LogP contribution < -0.4 is 20.1 Å². The molecule has 11 nitrogen and oxygen atoms in total. The van der Waals surface area contributed by atoms with Crippen molar-refractivity contribution in [3.8, 4) is 11.5 Å². The third kappa shape index (κ3) is 4.57. The van der Waals surface area contributed by atoms with Crippen molar-refractivity contribution in [3.05, 3.63) is 54.1 Å². The second-order valence-corrected chi connectivity index (χ2v) is 8.37. The van der Waals surface area contributed by atoms with Gasteiger partial charge in [-0.05, 0) is 19.9 Å². The van der Waals surface area contributed by atoms with Gasteiger partial charge in [-0.2, -0.15) is 5.10 Å². The number of aryl methyl sites for hydroxylation is 1. The number of nitrogens with zero attached hydrogens (tertiary/aromatic N) is 5. The SMILES string of the molecule is CCn1cc2c(n1)C(N[C@@H](C)c1ncccn1)=C(c1nc3cc(OC)c(OCCOC)cc3[nH]1)CN2. The zero-order valence-electron chi connectivity index (χ0n) is 20.8. The molecule has 1 atom stereocenters. The first kappa shape index (κ1) is 23.6. The quantitative estimate of drug-likeness (QED) is 0.287. The first-order valence-electron chi connectivity index (χ1n) is 11.9. The molecular weight excluding hydrogens is 460 g/mol. The molecule has 0 bridgehead atoms. The molecule has 0 saturated carbocycles. The Morgan fingerprint density at radius 2 is 1.97 bits per heavy atom. The number of hydrogen-bond acceptors (Lipinski definition) is 9. The average Bonchev–Trinajstić information content (AvgIpc) is 3.52. The van der Waals surface area contributed by atoms with E-state index < -0.39 is 0 Å². The number of H-pyrrole nitrogens is 1. The monoisotopic (exact) mass is 490 g/mol. The van der Waals surface area contributed by atoms with Crippen LogP contribution in [0.2, 0.25) is 0 Å². The summed E-state index contributed by atoms with van der Waals surface area (Å²) in [5.41, 5.74) is 5.27. The minimum absolute atomic E-state index is 0.140. The summed E-state index contributed by atoms with van der Waals surface area (Å²) in [6, 6.07) is 5.45. The van der Waals surface area contributed by atoms with E-state index in [1.165, 1.54) is 0 Å². The van der Waals surface area contributed by atoms with Crippen molar-refractivity contribution in [2.75, 3.05) is 39.3 Å². The maximum Gasteiger partial charge on any atom is 0.163 e. The van der Waals surface area contributed by atoms with Crippen molar-refractivity contribution in [2.24, 2.45) is 0 Å². The van der Waals surface area contributed by atoms with Crippen LogP contribution in [0, 0.1) is 0 Å². The molecule has 36 heavy (non-hydrogen) atoms. The fourth-order valence-corrected chi connectivity index (χ4v) is 4.15. The molecule has 0 fully saturated rings. The predicted octanol–water partition coefficient (Wildman–Crippen LogP) is 3.25. The van der Waals surface area contributed by atoms with E-state index in [1.807, 2.05) is 36.0 Å². The maximum absolute atomic E-state index is 5.85. The molecule has 1 aliphatic rings. The Hall–Kier alpha value is -4.12. The number of rotatable bonds is 10. The number of ether oxygens (including phenoxy) is 3. The highest BCUT2D eigenvalue weighted by Crippen LogP contribution is 2.36.